The Morgan fingerprint density at radius 3 is 2.86 bits per heavy atom. The number of nitrogens with zero attached hydrogens (tertiary/aromatic N) is 4. The van der Waals surface area contributed by atoms with Crippen molar-refractivity contribution in [3.05, 3.63) is 6.20 Å². The second-order valence-electron chi connectivity index (χ2n) is 6.09. The van der Waals surface area contributed by atoms with Crippen LogP contribution in [0, 0.1) is 5.92 Å². The van der Waals surface area contributed by atoms with Crippen LogP contribution in [-0.2, 0) is 0 Å². The van der Waals surface area contributed by atoms with Crippen molar-refractivity contribution in [2.75, 3.05) is 16.9 Å². The molecule has 0 spiro atoms. The van der Waals surface area contributed by atoms with E-state index in [9.17, 15) is 0 Å². The van der Waals surface area contributed by atoms with Crippen LogP contribution in [0.2, 0.25) is 0 Å². The summed E-state index contributed by atoms with van der Waals surface area (Å²) in [7, 11) is 0. The van der Waals surface area contributed by atoms with Crippen LogP contribution < -0.4 is 16.2 Å². The number of aromatic amines is 1. The third-order valence-corrected chi connectivity index (χ3v) is 4.93. The van der Waals surface area contributed by atoms with Crippen molar-refractivity contribution in [2.24, 2.45) is 11.8 Å². The van der Waals surface area contributed by atoms with E-state index in [1.54, 1.807) is 0 Å². The molecule has 3 heterocycles. The molecule has 1 aliphatic heterocycles. The fourth-order valence-electron chi connectivity index (χ4n) is 3.99. The number of hydrazine groups is 1. The van der Waals surface area contributed by atoms with Gasteiger partial charge in [0.2, 0.25) is 5.95 Å². The van der Waals surface area contributed by atoms with E-state index < -0.39 is 0 Å². The quantitative estimate of drug-likeness (QED) is 0.588. The Balaban J connectivity index is 1.75. The number of hydrogen-bond acceptors (Lipinski definition) is 6. The average molecular weight is 287 g/mol. The lowest BCUT2D eigenvalue weighted by Crippen LogP contribution is -2.35. The van der Waals surface area contributed by atoms with Gasteiger partial charge < -0.3 is 4.90 Å². The first kappa shape index (κ1) is 12.8. The van der Waals surface area contributed by atoms with Gasteiger partial charge in [-0.25, -0.2) is 5.84 Å². The molecule has 2 aromatic heterocycles. The van der Waals surface area contributed by atoms with Gasteiger partial charge in [0.05, 0.1) is 11.6 Å². The number of nitrogens with two attached hydrogens (primary N) is 1. The number of hydrogen-bond donors (Lipinski definition) is 3. The lowest BCUT2D eigenvalue weighted by Gasteiger charge is -2.30. The van der Waals surface area contributed by atoms with Crippen LogP contribution in [0.3, 0.4) is 0 Å². The molecule has 4 N–H and O–H groups in total. The zero-order valence-electron chi connectivity index (χ0n) is 12.0. The molecular weight excluding hydrogens is 266 g/mol. The van der Waals surface area contributed by atoms with Crippen LogP contribution in [0.15, 0.2) is 6.20 Å². The average Bonchev–Trinajstić information content (AvgIpc) is 3.24. The molecule has 1 saturated carbocycles. The molecule has 2 aromatic rings. The number of rotatable bonds is 3. The molecule has 112 valence electrons. The van der Waals surface area contributed by atoms with E-state index in [1.165, 1.54) is 38.5 Å². The van der Waals surface area contributed by atoms with Crippen LogP contribution in [0.5, 0.6) is 0 Å². The topological polar surface area (TPSA) is 95.7 Å². The molecule has 1 aliphatic carbocycles. The van der Waals surface area contributed by atoms with Crippen LogP contribution in [0.25, 0.3) is 11.0 Å². The summed E-state index contributed by atoms with van der Waals surface area (Å²) in [4.78, 5) is 11.4. The number of nitrogen functional groups attached to an aromatic ring is 1. The lowest BCUT2D eigenvalue weighted by molar-refractivity contribution is 0.430. The summed E-state index contributed by atoms with van der Waals surface area (Å²) in [6.07, 6.45) is 9.75. The smallest absolute Gasteiger partial charge is 0.241 e. The maximum absolute atomic E-state index is 5.51. The van der Waals surface area contributed by atoms with E-state index in [4.69, 9.17) is 5.84 Å². The van der Waals surface area contributed by atoms with E-state index in [2.05, 4.69) is 30.5 Å². The Labute approximate surface area is 123 Å². The highest BCUT2D eigenvalue weighted by Crippen LogP contribution is 2.38. The van der Waals surface area contributed by atoms with Crippen molar-refractivity contribution >= 4 is 22.8 Å². The molecule has 2 fully saturated rings. The minimum Gasteiger partial charge on any atom is -0.353 e. The Hall–Kier alpha value is -1.89. The molecule has 21 heavy (non-hydrogen) atoms. The Bertz CT molecular complexity index is 631. The van der Waals surface area contributed by atoms with Gasteiger partial charge >= 0.3 is 0 Å². The second kappa shape index (κ2) is 5.14. The van der Waals surface area contributed by atoms with Gasteiger partial charge in [0.1, 0.15) is 5.82 Å². The molecule has 0 amide bonds. The summed E-state index contributed by atoms with van der Waals surface area (Å²) < 4.78 is 0. The molecule has 0 bridgehead atoms. The van der Waals surface area contributed by atoms with Gasteiger partial charge in [0.25, 0.3) is 0 Å². The van der Waals surface area contributed by atoms with E-state index in [0.717, 1.165) is 29.3 Å². The van der Waals surface area contributed by atoms with Crippen molar-refractivity contribution in [3.8, 4) is 0 Å². The number of H-pyrrole nitrogens is 1. The molecule has 2 aliphatic rings. The molecule has 1 atom stereocenters. The van der Waals surface area contributed by atoms with Gasteiger partial charge in [-0.1, -0.05) is 12.8 Å². The number of fused-ring (bicyclic) bond motifs is 1. The maximum Gasteiger partial charge on any atom is 0.241 e. The summed E-state index contributed by atoms with van der Waals surface area (Å²) in [5.41, 5.74) is 3.30. The van der Waals surface area contributed by atoms with Gasteiger partial charge in [-0.3, -0.25) is 10.5 Å². The number of nitrogens with one attached hydrogen (secondary N) is 2. The third kappa shape index (κ3) is 2.12. The minimum absolute atomic E-state index is 0.443. The molecule has 4 rings (SSSR count). The van der Waals surface area contributed by atoms with E-state index in [-0.39, 0.29) is 0 Å². The highest BCUT2D eigenvalue weighted by atomic mass is 15.3. The first-order valence-corrected chi connectivity index (χ1v) is 7.81. The summed E-state index contributed by atoms with van der Waals surface area (Å²) in [5.74, 6) is 7.72. The van der Waals surface area contributed by atoms with E-state index in [1.807, 2.05) is 6.20 Å². The summed E-state index contributed by atoms with van der Waals surface area (Å²) in [6.45, 7) is 1.06. The second-order valence-corrected chi connectivity index (χ2v) is 6.09. The van der Waals surface area contributed by atoms with Crippen molar-refractivity contribution < 1.29 is 0 Å². The Morgan fingerprint density at radius 2 is 2.05 bits per heavy atom. The van der Waals surface area contributed by atoms with Crippen LogP contribution in [-0.4, -0.2) is 32.8 Å². The molecule has 7 heteroatoms. The predicted molar refractivity (Wildman–Crippen MR) is 81.8 cm³/mol. The predicted octanol–water partition coefficient (Wildman–Crippen LogP) is 1.80. The minimum atomic E-state index is 0.443. The van der Waals surface area contributed by atoms with Gasteiger partial charge in [-0.05, 0) is 31.6 Å². The first-order chi connectivity index (χ1) is 10.4. The molecule has 0 radical (unpaired) electrons. The molecule has 0 aromatic carbocycles. The lowest BCUT2D eigenvalue weighted by atomic mass is 9.96. The van der Waals surface area contributed by atoms with Crippen molar-refractivity contribution in [2.45, 2.75) is 44.6 Å². The third-order valence-electron chi connectivity index (χ3n) is 4.93. The fourth-order valence-corrected chi connectivity index (χ4v) is 3.99. The molecule has 1 saturated heterocycles. The van der Waals surface area contributed by atoms with Crippen LogP contribution in [0.4, 0.5) is 11.8 Å². The van der Waals surface area contributed by atoms with Gasteiger partial charge in [-0.15, -0.1) is 0 Å². The SMILES string of the molecule is NNc1nc(N2CCCC2C2CCCC2)c2cn[nH]c2n1. The van der Waals surface area contributed by atoms with Crippen molar-refractivity contribution in [1.29, 1.82) is 0 Å². The number of anilines is 2. The van der Waals surface area contributed by atoms with Crippen molar-refractivity contribution in [3.63, 3.8) is 0 Å². The van der Waals surface area contributed by atoms with Crippen LogP contribution >= 0.6 is 0 Å². The van der Waals surface area contributed by atoms with Gasteiger partial charge in [0.15, 0.2) is 5.65 Å². The van der Waals surface area contributed by atoms with Gasteiger partial charge in [0, 0.05) is 12.6 Å². The maximum atomic E-state index is 5.51. The molecule has 7 nitrogen and oxygen atoms in total. The van der Waals surface area contributed by atoms with Crippen molar-refractivity contribution in [1.82, 2.24) is 20.2 Å². The largest absolute Gasteiger partial charge is 0.353 e. The number of aromatic nitrogens is 4. The summed E-state index contributed by atoms with van der Waals surface area (Å²) >= 11 is 0. The zero-order valence-corrected chi connectivity index (χ0v) is 12.0. The monoisotopic (exact) mass is 287 g/mol. The zero-order chi connectivity index (χ0) is 14.2. The van der Waals surface area contributed by atoms with E-state index >= 15 is 0 Å². The highest BCUT2D eigenvalue weighted by molar-refractivity contribution is 5.87. The summed E-state index contributed by atoms with van der Waals surface area (Å²) in [5, 5.41) is 8.01. The molecule has 1 unspecified atom stereocenters. The van der Waals surface area contributed by atoms with E-state index in [0.29, 0.717) is 12.0 Å². The first-order valence-electron chi connectivity index (χ1n) is 7.81. The normalized spacial score (nSPS) is 23.3. The van der Waals surface area contributed by atoms with Gasteiger partial charge in [-0.2, -0.15) is 15.1 Å². The Morgan fingerprint density at radius 1 is 1.19 bits per heavy atom. The highest BCUT2D eigenvalue weighted by Gasteiger charge is 2.35. The fraction of sp³-hybridized carbons (Fsp3) is 0.643. The molecular formula is C14H21N7. The summed E-state index contributed by atoms with van der Waals surface area (Å²) in [6, 6.07) is 0.603. The Kier molecular flexibility index (Phi) is 3.14. The standard InChI is InChI=1S/C14H21N7/c15-19-14-17-12-10(8-16-20-12)13(18-14)21-7-3-6-11(21)9-4-1-2-5-9/h8-9,11H,1-7,15H2,(H2,16,17,18,19,20). The van der Waals surface area contributed by atoms with Crippen LogP contribution in [0.1, 0.15) is 38.5 Å².